The van der Waals surface area contributed by atoms with Crippen LogP contribution in [0.5, 0.6) is 0 Å². The van der Waals surface area contributed by atoms with Crippen LogP contribution in [-0.4, -0.2) is 48.2 Å². The van der Waals surface area contributed by atoms with E-state index in [0.717, 1.165) is 28.6 Å². The standard InChI is InChI=1S/C29H33ClF3N5O/c1-16(2)34-19(5)23-13-17(3)12-18(4)26(23)36-28(39)24-14-21(15-38(7)37-20(6)29(31,32)33)35-27(24)22-10-8-9-11-25(22)30/h8-13,16,34H,5,14-15H2,1-4,6-7H3,(H,36,39)/b37-20+. The highest BCUT2D eigenvalue weighted by Crippen LogP contribution is 2.35. The summed E-state index contributed by atoms with van der Waals surface area (Å²) in [5, 5.41) is 11.5. The second kappa shape index (κ2) is 12.1. The number of rotatable bonds is 9. The summed E-state index contributed by atoms with van der Waals surface area (Å²) < 4.78 is 38.9. The van der Waals surface area contributed by atoms with Crippen LogP contribution in [0.2, 0.25) is 5.02 Å². The molecule has 0 saturated carbocycles. The molecule has 0 atom stereocenters. The van der Waals surface area contributed by atoms with E-state index in [1.54, 1.807) is 24.3 Å². The van der Waals surface area contributed by atoms with E-state index < -0.39 is 11.9 Å². The average Bonchev–Trinajstić information content (AvgIpc) is 3.23. The molecule has 0 aromatic heterocycles. The molecule has 0 unspecified atom stereocenters. The lowest BCUT2D eigenvalue weighted by Gasteiger charge is -2.20. The SMILES string of the molecule is C=C(NC(C)C)c1cc(C)cc(C)c1NC(=O)C1=C(c2ccccc2Cl)N=C(CN(C)/N=C(\C)C(F)(F)F)C1. The van der Waals surface area contributed by atoms with E-state index in [-0.39, 0.29) is 24.9 Å². The first-order chi connectivity index (χ1) is 18.2. The Hall–Kier alpha value is -3.59. The Kier molecular flexibility index (Phi) is 9.27. The summed E-state index contributed by atoms with van der Waals surface area (Å²) in [6, 6.07) is 11.1. The molecule has 2 N–H and O–H groups in total. The summed E-state index contributed by atoms with van der Waals surface area (Å²) in [6.07, 6.45) is -4.40. The Morgan fingerprint density at radius 1 is 1.23 bits per heavy atom. The van der Waals surface area contributed by atoms with Crippen molar-refractivity contribution in [2.45, 2.75) is 53.3 Å². The second-order valence-electron chi connectivity index (χ2n) is 9.90. The Bertz CT molecular complexity index is 1380. The van der Waals surface area contributed by atoms with Gasteiger partial charge in [-0.3, -0.25) is 14.8 Å². The number of benzene rings is 2. The molecule has 39 heavy (non-hydrogen) atoms. The van der Waals surface area contributed by atoms with Gasteiger partial charge in [-0.1, -0.05) is 48.0 Å². The summed E-state index contributed by atoms with van der Waals surface area (Å²) >= 11 is 6.45. The van der Waals surface area contributed by atoms with Crippen LogP contribution in [-0.2, 0) is 4.79 Å². The topological polar surface area (TPSA) is 69.1 Å². The van der Waals surface area contributed by atoms with Gasteiger partial charge in [-0.15, -0.1) is 0 Å². The van der Waals surface area contributed by atoms with Crippen molar-refractivity contribution in [3.05, 3.63) is 75.8 Å². The predicted molar refractivity (Wildman–Crippen MR) is 154 cm³/mol. The van der Waals surface area contributed by atoms with E-state index in [9.17, 15) is 18.0 Å². The number of amides is 1. The lowest BCUT2D eigenvalue weighted by Crippen LogP contribution is -2.27. The van der Waals surface area contributed by atoms with Crippen molar-refractivity contribution in [1.82, 2.24) is 10.3 Å². The lowest BCUT2D eigenvalue weighted by molar-refractivity contribution is -0.112. The second-order valence-corrected chi connectivity index (χ2v) is 10.3. The fourth-order valence-electron chi connectivity index (χ4n) is 4.31. The highest BCUT2D eigenvalue weighted by molar-refractivity contribution is 6.33. The van der Waals surface area contributed by atoms with Crippen molar-refractivity contribution in [3.63, 3.8) is 0 Å². The third-order valence-corrected chi connectivity index (χ3v) is 6.32. The van der Waals surface area contributed by atoms with Crippen molar-refractivity contribution in [1.29, 1.82) is 0 Å². The number of aliphatic imine (C=N–C) groups is 1. The largest absolute Gasteiger partial charge is 0.430 e. The molecule has 0 aliphatic carbocycles. The molecule has 0 radical (unpaired) electrons. The molecule has 2 aromatic carbocycles. The van der Waals surface area contributed by atoms with Gasteiger partial charge in [0, 0.05) is 52.6 Å². The maximum Gasteiger partial charge on any atom is 0.430 e. The minimum Gasteiger partial charge on any atom is -0.383 e. The van der Waals surface area contributed by atoms with Gasteiger partial charge in [0.05, 0.1) is 17.9 Å². The van der Waals surface area contributed by atoms with Gasteiger partial charge in [-0.2, -0.15) is 18.3 Å². The van der Waals surface area contributed by atoms with Gasteiger partial charge in [0.15, 0.2) is 0 Å². The molecule has 6 nitrogen and oxygen atoms in total. The molecule has 10 heteroatoms. The molecule has 1 heterocycles. The first kappa shape index (κ1) is 30.0. The van der Waals surface area contributed by atoms with Crippen LogP contribution in [0.25, 0.3) is 11.4 Å². The molecule has 208 valence electrons. The van der Waals surface area contributed by atoms with Crippen LogP contribution in [0.4, 0.5) is 18.9 Å². The summed E-state index contributed by atoms with van der Waals surface area (Å²) in [4.78, 5) is 18.4. The number of hydrogen-bond acceptors (Lipinski definition) is 5. The number of hydrogen-bond donors (Lipinski definition) is 2. The van der Waals surface area contributed by atoms with Gasteiger partial charge >= 0.3 is 6.18 Å². The van der Waals surface area contributed by atoms with Crippen molar-refractivity contribution < 1.29 is 18.0 Å². The molecule has 0 spiro atoms. The first-order valence-corrected chi connectivity index (χ1v) is 12.8. The van der Waals surface area contributed by atoms with Crippen LogP contribution < -0.4 is 10.6 Å². The van der Waals surface area contributed by atoms with E-state index in [1.165, 1.54) is 7.05 Å². The highest BCUT2D eigenvalue weighted by Gasteiger charge is 2.33. The number of alkyl halides is 3. The molecule has 0 saturated heterocycles. The van der Waals surface area contributed by atoms with E-state index in [2.05, 4.69) is 27.3 Å². The monoisotopic (exact) mass is 559 g/mol. The van der Waals surface area contributed by atoms with E-state index in [4.69, 9.17) is 11.6 Å². The zero-order chi connectivity index (χ0) is 29.1. The van der Waals surface area contributed by atoms with Crippen LogP contribution in [0.1, 0.15) is 49.4 Å². The molecule has 1 aliphatic heterocycles. The predicted octanol–water partition coefficient (Wildman–Crippen LogP) is 6.99. The molecule has 1 amide bonds. The highest BCUT2D eigenvalue weighted by atomic mass is 35.5. The first-order valence-electron chi connectivity index (χ1n) is 12.4. The van der Waals surface area contributed by atoms with Gasteiger partial charge < -0.3 is 10.6 Å². The summed E-state index contributed by atoms with van der Waals surface area (Å²) in [5.74, 6) is -0.383. The Labute approximate surface area is 232 Å². The number of aryl methyl sites for hydroxylation is 2. The van der Waals surface area contributed by atoms with Crippen LogP contribution >= 0.6 is 11.6 Å². The van der Waals surface area contributed by atoms with Gasteiger partial charge in [0.25, 0.3) is 5.91 Å². The van der Waals surface area contributed by atoms with Crippen molar-refractivity contribution in [2.75, 3.05) is 18.9 Å². The third kappa shape index (κ3) is 7.50. The molecular weight excluding hydrogens is 527 g/mol. The number of carbonyl (C=O) groups excluding carboxylic acids is 1. The molecule has 0 fully saturated rings. The number of halogens is 4. The molecular formula is C29H33ClF3N5O. The number of hydrazone groups is 1. The van der Waals surface area contributed by atoms with Crippen molar-refractivity contribution >= 4 is 46.0 Å². The van der Waals surface area contributed by atoms with Crippen molar-refractivity contribution in [3.8, 4) is 0 Å². The maximum absolute atomic E-state index is 13.8. The van der Waals surface area contributed by atoms with Gasteiger partial charge in [0.1, 0.15) is 5.71 Å². The number of anilines is 1. The summed E-state index contributed by atoms with van der Waals surface area (Å²) in [6.45, 7) is 12.9. The molecule has 0 bridgehead atoms. The molecule has 1 aliphatic rings. The van der Waals surface area contributed by atoms with Gasteiger partial charge in [0.2, 0.25) is 0 Å². The van der Waals surface area contributed by atoms with Crippen molar-refractivity contribution in [2.24, 2.45) is 10.1 Å². The van der Waals surface area contributed by atoms with Crippen LogP contribution in [0.3, 0.4) is 0 Å². The zero-order valence-electron chi connectivity index (χ0n) is 22.9. The quantitative estimate of drug-likeness (QED) is 0.257. The molecule has 2 aromatic rings. The Balaban J connectivity index is 1.98. The zero-order valence-corrected chi connectivity index (χ0v) is 23.7. The number of carbonyl (C=O) groups is 1. The van der Waals surface area contributed by atoms with Crippen LogP contribution in [0, 0.1) is 13.8 Å². The molecule has 3 rings (SSSR count). The lowest BCUT2D eigenvalue weighted by atomic mass is 10.00. The fraction of sp³-hybridized carbons (Fsp3) is 0.345. The smallest absolute Gasteiger partial charge is 0.383 e. The Morgan fingerprint density at radius 2 is 1.90 bits per heavy atom. The van der Waals surface area contributed by atoms with E-state index >= 15 is 0 Å². The maximum atomic E-state index is 13.8. The summed E-state index contributed by atoms with van der Waals surface area (Å²) in [7, 11) is 1.43. The fourth-order valence-corrected chi connectivity index (χ4v) is 4.53. The minimum absolute atomic E-state index is 0.00206. The van der Waals surface area contributed by atoms with Crippen LogP contribution in [0.15, 0.2) is 58.6 Å². The van der Waals surface area contributed by atoms with E-state index in [0.29, 0.717) is 39.0 Å². The third-order valence-electron chi connectivity index (χ3n) is 5.99. The average molecular weight is 560 g/mol. The summed E-state index contributed by atoms with van der Waals surface area (Å²) in [5.41, 5.74) is 4.75. The number of nitrogens with zero attached hydrogens (tertiary/aromatic N) is 3. The number of nitrogens with one attached hydrogen (secondary N) is 2. The minimum atomic E-state index is -4.53. The van der Waals surface area contributed by atoms with Gasteiger partial charge in [-0.25, -0.2) is 0 Å². The van der Waals surface area contributed by atoms with E-state index in [1.807, 2.05) is 39.8 Å². The van der Waals surface area contributed by atoms with Gasteiger partial charge in [-0.05, 0) is 52.3 Å². The Morgan fingerprint density at radius 3 is 2.51 bits per heavy atom. The normalized spacial score (nSPS) is 14.0.